The molecule has 4 atom stereocenters. The van der Waals surface area contributed by atoms with Crippen molar-refractivity contribution in [2.75, 3.05) is 5.75 Å². The van der Waals surface area contributed by atoms with Gasteiger partial charge in [0.2, 0.25) is 5.91 Å². The number of amides is 1. The van der Waals surface area contributed by atoms with Gasteiger partial charge < -0.3 is 10.8 Å². The van der Waals surface area contributed by atoms with Crippen LogP contribution in [-0.2, 0) is 19.4 Å². The number of aliphatic carboxylic acids is 1. The third kappa shape index (κ3) is 1.26. The molecule has 15 heavy (non-hydrogen) atoms. The molecule has 0 aromatic rings. The molecule has 2 unspecified atom stereocenters. The predicted octanol–water partition coefficient (Wildman–Crippen LogP) is -1.39. The highest BCUT2D eigenvalue weighted by atomic mass is 32.2. The quantitative estimate of drug-likeness (QED) is 0.609. The van der Waals surface area contributed by atoms with Crippen molar-refractivity contribution in [1.29, 1.82) is 0 Å². The van der Waals surface area contributed by atoms with Gasteiger partial charge in [0, 0.05) is 0 Å². The largest absolute Gasteiger partial charge is 0.481 e. The van der Waals surface area contributed by atoms with E-state index in [4.69, 9.17) is 10.8 Å². The van der Waals surface area contributed by atoms with Crippen molar-refractivity contribution < 1.29 is 23.1 Å². The van der Waals surface area contributed by atoms with Crippen LogP contribution in [0.2, 0.25) is 0 Å². The van der Waals surface area contributed by atoms with E-state index in [9.17, 15) is 18.0 Å². The predicted molar refractivity (Wildman–Crippen MR) is 49.5 cm³/mol. The highest BCUT2D eigenvalue weighted by molar-refractivity contribution is 7.92. The molecular weight excluding hydrogens is 222 g/mol. The molecule has 6 nitrogen and oxygen atoms in total. The Balaban J connectivity index is 2.35. The number of primary amides is 1. The molecule has 0 aromatic heterocycles. The molecule has 1 aliphatic carbocycles. The number of carbonyl (C=O) groups excluding carboxylic acids is 1. The van der Waals surface area contributed by atoms with Gasteiger partial charge >= 0.3 is 5.97 Å². The summed E-state index contributed by atoms with van der Waals surface area (Å²) in [6.45, 7) is 0. The zero-order valence-electron chi connectivity index (χ0n) is 7.79. The molecule has 84 valence electrons. The van der Waals surface area contributed by atoms with Crippen molar-refractivity contribution in [3.05, 3.63) is 0 Å². The maximum Gasteiger partial charge on any atom is 0.307 e. The maximum atomic E-state index is 11.5. The van der Waals surface area contributed by atoms with E-state index in [1.807, 2.05) is 0 Å². The van der Waals surface area contributed by atoms with Gasteiger partial charge in [-0.25, -0.2) is 8.42 Å². The Morgan fingerprint density at radius 1 is 1.27 bits per heavy atom. The first-order valence-electron chi connectivity index (χ1n) is 4.60. The topological polar surface area (TPSA) is 115 Å². The minimum absolute atomic E-state index is 0.0319. The van der Waals surface area contributed by atoms with Crippen LogP contribution in [0.25, 0.3) is 0 Å². The molecule has 0 bridgehead atoms. The molecule has 1 aliphatic heterocycles. The molecule has 2 rings (SSSR count). The molecular formula is C8H11NO5S. The smallest absolute Gasteiger partial charge is 0.307 e. The van der Waals surface area contributed by atoms with Gasteiger partial charge in [-0.2, -0.15) is 0 Å². The molecule has 1 saturated heterocycles. The fraction of sp³-hybridized carbons (Fsp3) is 0.750. The van der Waals surface area contributed by atoms with Crippen LogP contribution in [-0.4, -0.2) is 36.4 Å². The van der Waals surface area contributed by atoms with E-state index in [2.05, 4.69) is 0 Å². The zero-order valence-corrected chi connectivity index (χ0v) is 8.61. The maximum absolute atomic E-state index is 11.5. The van der Waals surface area contributed by atoms with Crippen LogP contribution in [0.3, 0.4) is 0 Å². The molecule has 2 fully saturated rings. The van der Waals surface area contributed by atoms with Crippen molar-refractivity contribution in [1.82, 2.24) is 0 Å². The molecule has 1 saturated carbocycles. The van der Waals surface area contributed by atoms with E-state index in [0.29, 0.717) is 6.42 Å². The zero-order chi connectivity index (χ0) is 11.4. The van der Waals surface area contributed by atoms with Gasteiger partial charge in [-0.15, -0.1) is 0 Å². The van der Waals surface area contributed by atoms with Crippen molar-refractivity contribution in [3.63, 3.8) is 0 Å². The molecule has 1 amide bonds. The Bertz CT molecular complexity index is 428. The minimum atomic E-state index is -3.31. The van der Waals surface area contributed by atoms with Crippen molar-refractivity contribution in [2.45, 2.75) is 11.7 Å². The van der Waals surface area contributed by atoms with Crippen molar-refractivity contribution in [3.8, 4) is 0 Å². The Morgan fingerprint density at radius 2 is 1.87 bits per heavy atom. The van der Waals surface area contributed by atoms with Crippen LogP contribution < -0.4 is 5.73 Å². The van der Waals surface area contributed by atoms with Gasteiger partial charge in [-0.3, -0.25) is 9.59 Å². The SMILES string of the molecule is NC(=O)C1C(C(=O)O)[C@H]2CCS(=O)(=O)[C@@H]12. The lowest BCUT2D eigenvalue weighted by Crippen LogP contribution is -2.59. The van der Waals surface area contributed by atoms with Gasteiger partial charge in [0.15, 0.2) is 9.84 Å². The Labute approximate surface area is 86.4 Å². The fourth-order valence-corrected chi connectivity index (χ4v) is 5.20. The van der Waals surface area contributed by atoms with Gasteiger partial charge in [0.25, 0.3) is 0 Å². The van der Waals surface area contributed by atoms with E-state index in [-0.39, 0.29) is 5.75 Å². The van der Waals surface area contributed by atoms with E-state index < -0.39 is 44.7 Å². The Morgan fingerprint density at radius 3 is 2.33 bits per heavy atom. The number of sulfone groups is 1. The van der Waals surface area contributed by atoms with Gasteiger partial charge in [-0.05, 0) is 12.3 Å². The third-order valence-corrected chi connectivity index (χ3v) is 5.67. The van der Waals surface area contributed by atoms with Crippen LogP contribution >= 0.6 is 0 Å². The normalized spacial score (nSPS) is 41.6. The van der Waals surface area contributed by atoms with Crippen molar-refractivity contribution >= 4 is 21.7 Å². The number of nitrogens with two attached hydrogens (primary N) is 1. The second-order valence-electron chi connectivity index (χ2n) is 4.08. The summed E-state index contributed by atoms with van der Waals surface area (Å²) in [5.41, 5.74) is 5.04. The van der Waals surface area contributed by atoms with Crippen LogP contribution in [0, 0.1) is 17.8 Å². The summed E-state index contributed by atoms with van der Waals surface area (Å²) in [5, 5.41) is 8.02. The number of fused-ring (bicyclic) bond motifs is 1. The average molecular weight is 233 g/mol. The lowest BCUT2D eigenvalue weighted by atomic mass is 9.63. The minimum Gasteiger partial charge on any atom is -0.481 e. The summed E-state index contributed by atoms with van der Waals surface area (Å²) in [6.07, 6.45) is 0.327. The molecule has 0 aromatic carbocycles. The Hall–Kier alpha value is -1.11. The summed E-state index contributed by atoms with van der Waals surface area (Å²) < 4.78 is 23.0. The standard InChI is InChI=1S/C8H11NO5S/c9-7(10)5-4(8(11)12)3-1-2-15(13,14)6(3)5/h3-6H,1-2H2,(H2,9,10)(H,11,12)/t3-,4?,5?,6-/m1/s1. The second kappa shape index (κ2) is 2.94. The first kappa shape index (κ1) is 10.4. The average Bonchev–Trinajstić information content (AvgIpc) is 2.20. The van der Waals surface area contributed by atoms with E-state index >= 15 is 0 Å². The highest BCUT2D eigenvalue weighted by Gasteiger charge is 2.64. The van der Waals surface area contributed by atoms with Crippen LogP contribution in [0.1, 0.15) is 6.42 Å². The van der Waals surface area contributed by atoms with Gasteiger partial charge in [0.05, 0.1) is 22.8 Å². The number of carbonyl (C=O) groups is 2. The first-order valence-corrected chi connectivity index (χ1v) is 6.31. The van der Waals surface area contributed by atoms with Crippen LogP contribution in [0.5, 0.6) is 0 Å². The summed E-state index contributed by atoms with van der Waals surface area (Å²) >= 11 is 0. The molecule has 3 N–H and O–H groups in total. The lowest BCUT2D eigenvalue weighted by Gasteiger charge is -2.42. The van der Waals surface area contributed by atoms with E-state index in [0.717, 1.165) is 0 Å². The Kier molecular flexibility index (Phi) is 2.04. The summed E-state index contributed by atoms with van der Waals surface area (Å²) in [6, 6.07) is 0. The van der Waals surface area contributed by atoms with Gasteiger partial charge in [0.1, 0.15) is 0 Å². The van der Waals surface area contributed by atoms with Crippen molar-refractivity contribution in [2.24, 2.45) is 23.5 Å². The molecule has 7 heteroatoms. The van der Waals surface area contributed by atoms with E-state index in [1.165, 1.54) is 0 Å². The highest BCUT2D eigenvalue weighted by Crippen LogP contribution is 2.51. The van der Waals surface area contributed by atoms with Crippen LogP contribution in [0.4, 0.5) is 0 Å². The summed E-state index contributed by atoms with van der Waals surface area (Å²) in [4.78, 5) is 21.9. The summed E-state index contributed by atoms with van der Waals surface area (Å²) in [5.74, 6) is -4.36. The molecule has 0 spiro atoms. The number of hydrogen-bond acceptors (Lipinski definition) is 4. The van der Waals surface area contributed by atoms with Crippen LogP contribution in [0.15, 0.2) is 0 Å². The first-order chi connectivity index (χ1) is 6.86. The summed E-state index contributed by atoms with van der Waals surface area (Å²) in [7, 11) is -3.31. The number of carboxylic acid groups (broad SMARTS) is 1. The molecule has 2 aliphatic rings. The van der Waals surface area contributed by atoms with Gasteiger partial charge in [-0.1, -0.05) is 0 Å². The molecule has 1 heterocycles. The second-order valence-corrected chi connectivity index (χ2v) is 6.35. The number of rotatable bonds is 2. The monoisotopic (exact) mass is 233 g/mol. The van der Waals surface area contributed by atoms with E-state index in [1.54, 1.807) is 0 Å². The number of hydrogen-bond donors (Lipinski definition) is 2. The number of carboxylic acids is 1. The lowest BCUT2D eigenvalue weighted by molar-refractivity contribution is -0.156. The molecule has 0 radical (unpaired) electrons. The third-order valence-electron chi connectivity index (χ3n) is 3.39. The fourth-order valence-electron chi connectivity index (χ4n) is 2.74.